The lowest BCUT2D eigenvalue weighted by atomic mass is 10.1. The molecule has 0 fully saturated rings. The highest BCUT2D eigenvalue weighted by Gasteiger charge is 2.14. The highest BCUT2D eigenvalue weighted by atomic mass is 16.5. The molecule has 0 amide bonds. The zero-order valence-electron chi connectivity index (χ0n) is 12.3. The Hall–Kier alpha value is -2.27. The van der Waals surface area contributed by atoms with Gasteiger partial charge >= 0.3 is 0 Å². The molecule has 3 rings (SSSR count). The van der Waals surface area contributed by atoms with E-state index in [2.05, 4.69) is 16.5 Å². The molecule has 5 nitrogen and oxygen atoms in total. The number of hydrogen-bond donors (Lipinski definition) is 1. The first-order valence-electron chi connectivity index (χ1n) is 7.11. The molecule has 0 spiro atoms. The Kier molecular flexibility index (Phi) is 3.92. The molecule has 0 radical (unpaired) electrons. The van der Waals surface area contributed by atoms with E-state index < -0.39 is 0 Å². The van der Waals surface area contributed by atoms with Gasteiger partial charge in [0, 0.05) is 17.5 Å². The van der Waals surface area contributed by atoms with Crippen LogP contribution >= 0.6 is 0 Å². The van der Waals surface area contributed by atoms with Gasteiger partial charge in [-0.1, -0.05) is 18.2 Å². The molecule has 2 heterocycles. The van der Waals surface area contributed by atoms with Crippen molar-refractivity contribution in [3.63, 3.8) is 0 Å². The second kappa shape index (κ2) is 6.01. The number of aryl methyl sites for hydroxylation is 1. The van der Waals surface area contributed by atoms with Crippen molar-refractivity contribution in [2.75, 3.05) is 7.05 Å². The van der Waals surface area contributed by atoms with Crippen LogP contribution in [0.2, 0.25) is 0 Å². The van der Waals surface area contributed by atoms with Crippen LogP contribution in [0.1, 0.15) is 18.2 Å². The highest BCUT2D eigenvalue weighted by molar-refractivity contribution is 5.82. The van der Waals surface area contributed by atoms with Crippen molar-refractivity contribution >= 4 is 11.0 Å². The van der Waals surface area contributed by atoms with Crippen molar-refractivity contribution in [1.29, 1.82) is 0 Å². The van der Waals surface area contributed by atoms with Crippen LogP contribution in [0.5, 0.6) is 5.75 Å². The zero-order valence-corrected chi connectivity index (χ0v) is 12.3. The van der Waals surface area contributed by atoms with Gasteiger partial charge in [-0.3, -0.25) is 4.68 Å². The molecule has 5 heteroatoms. The van der Waals surface area contributed by atoms with E-state index in [9.17, 15) is 0 Å². The van der Waals surface area contributed by atoms with E-state index in [1.165, 1.54) is 0 Å². The lowest BCUT2D eigenvalue weighted by Gasteiger charge is -2.04. The zero-order chi connectivity index (χ0) is 14.7. The molecule has 0 aliphatic rings. The third kappa shape index (κ3) is 2.78. The average molecular weight is 285 g/mol. The molecule has 1 aromatic carbocycles. The Morgan fingerprint density at radius 2 is 2.19 bits per heavy atom. The van der Waals surface area contributed by atoms with Gasteiger partial charge < -0.3 is 14.5 Å². The SMILES string of the molecule is CCn1cc(OCc2c(CNC)oc3ccccc23)cn1. The molecule has 1 N–H and O–H groups in total. The second-order valence-electron chi connectivity index (χ2n) is 4.85. The van der Waals surface area contributed by atoms with Gasteiger partial charge in [0.25, 0.3) is 0 Å². The van der Waals surface area contributed by atoms with Crippen LogP contribution in [0.15, 0.2) is 41.1 Å². The predicted molar refractivity (Wildman–Crippen MR) is 81.2 cm³/mol. The summed E-state index contributed by atoms with van der Waals surface area (Å²) in [5.41, 5.74) is 1.98. The molecule has 21 heavy (non-hydrogen) atoms. The van der Waals surface area contributed by atoms with Crippen molar-refractivity contribution in [1.82, 2.24) is 15.1 Å². The van der Waals surface area contributed by atoms with Gasteiger partial charge in [-0.05, 0) is 20.0 Å². The standard InChI is InChI=1S/C16H19N3O2/c1-3-19-10-12(8-18-19)20-11-14-13-6-4-5-7-15(13)21-16(14)9-17-2/h4-8,10,17H,3,9,11H2,1-2H3. The van der Waals surface area contributed by atoms with Crippen LogP contribution in [0.25, 0.3) is 11.0 Å². The summed E-state index contributed by atoms with van der Waals surface area (Å²) in [6, 6.07) is 8.03. The maximum atomic E-state index is 5.89. The van der Waals surface area contributed by atoms with Crippen LogP contribution in [0, 0.1) is 0 Å². The molecule has 0 saturated heterocycles. The summed E-state index contributed by atoms with van der Waals surface area (Å²) in [7, 11) is 1.91. The number of nitrogens with zero attached hydrogens (tertiary/aromatic N) is 2. The third-order valence-electron chi connectivity index (χ3n) is 3.44. The molecule has 0 aliphatic carbocycles. The first-order valence-corrected chi connectivity index (χ1v) is 7.11. The minimum atomic E-state index is 0.476. The van der Waals surface area contributed by atoms with E-state index in [4.69, 9.17) is 9.15 Å². The summed E-state index contributed by atoms with van der Waals surface area (Å²) in [6.45, 7) is 4.04. The van der Waals surface area contributed by atoms with E-state index >= 15 is 0 Å². The number of fused-ring (bicyclic) bond motifs is 1. The minimum absolute atomic E-state index is 0.476. The van der Waals surface area contributed by atoms with Crippen LogP contribution in [0.4, 0.5) is 0 Å². The predicted octanol–water partition coefficient (Wildman–Crippen LogP) is 2.95. The summed E-state index contributed by atoms with van der Waals surface area (Å²) in [5, 5.41) is 8.45. The third-order valence-corrected chi connectivity index (χ3v) is 3.44. The molecule has 2 aromatic heterocycles. The molecule has 0 aliphatic heterocycles. The van der Waals surface area contributed by atoms with E-state index in [-0.39, 0.29) is 0 Å². The van der Waals surface area contributed by atoms with Gasteiger partial charge in [-0.2, -0.15) is 5.10 Å². The van der Waals surface area contributed by atoms with Crippen LogP contribution in [0.3, 0.4) is 0 Å². The van der Waals surface area contributed by atoms with Crippen molar-refractivity contribution in [3.8, 4) is 5.75 Å². The van der Waals surface area contributed by atoms with Gasteiger partial charge in [-0.15, -0.1) is 0 Å². The number of nitrogens with one attached hydrogen (secondary N) is 1. The largest absolute Gasteiger partial charge is 0.485 e. The first-order chi connectivity index (χ1) is 10.3. The molecule has 0 saturated carbocycles. The summed E-state index contributed by atoms with van der Waals surface area (Å²) >= 11 is 0. The van der Waals surface area contributed by atoms with E-state index in [1.54, 1.807) is 6.20 Å². The normalized spacial score (nSPS) is 11.1. The van der Waals surface area contributed by atoms with Gasteiger partial charge in [0.15, 0.2) is 5.75 Å². The van der Waals surface area contributed by atoms with Gasteiger partial charge in [0.05, 0.1) is 18.9 Å². The first kappa shape index (κ1) is 13.7. The Labute approximate surface area is 123 Å². The Bertz CT molecular complexity index is 730. The van der Waals surface area contributed by atoms with Crippen molar-refractivity contribution in [2.24, 2.45) is 0 Å². The average Bonchev–Trinajstić information content (AvgIpc) is 3.09. The fraction of sp³-hybridized carbons (Fsp3) is 0.312. The van der Waals surface area contributed by atoms with Gasteiger partial charge in [-0.25, -0.2) is 0 Å². The molecule has 0 bridgehead atoms. The van der Waals surface area contributed by atoms with Crippen molar-refractivity contribution in [3.05, 3.63) is 48.0 Å². The topological polar surface area (TPSA) is 52.2 Å². The highest BCUT2D eigenvalue weighted by Crippen LogP contribution is 2.27. The summed E-state index contributed by atoms with van der Waals surface area (Å²) < 4.78 is 13.6. The summed E-state index contributed by atoms with van der Waals surface area (Å²) in [6.07, 6.45) is 3.64. The van der Waals surface area contributed by atoms with E-state index in [0.29, 0.717) is 13.2 Å². The molecule has 3 aromatic rings. The van der Waals surface area contributed by atoms with Crippen LogP contribution in [-0.2, 0) is 19.7 Å². The fourth-order valence-electron chi connectivity index (χ4n) is 2.36. The van der Waals surface area contributed by atoms with Crippen molar-refractivity contribution in [2.45, 2.75) is 26.6 Å². The Balaban J connectivity index is 1.86. The quantitative estimate of drug-likeness (QED) is 0.756. The monoisotopic (exact) mass is 285 g/mol. The number of ether oxygens (including phenoxy) is 1. The van der Waals surface area contributed by atoms with Crippen LogP contribution in [-0.4, -0.2) is 16.8 Å². The number of para-hydroxylation sites is 1. The van der Waals surface area contributed by atoms with E-state index in [1.807, 2.05) is 43.0 Å². The van der Waals surface area contributed by atoms with Crippen molar-refractivity contribution < 1.29 is 9.15 Å². The number of rotatable bonds is 6. The Morgan fingerprint density at radius 3 is 2.95 bits per heavy atom. The van der Waals surface area contributed by atoms with Gasteiger partial charge in [0.2, 0.25) is 0 Å². The number of aromatic nitrogens is 2. The smallest absolute Gasteiger partial charge is 0.157 e. The van der Waals surface area contributed by atoms with Gasteiger partial charge in [0.1, 0.15) is 18.0 Å². The Morgan fingerprint density at radius 1 is 1.33 bits per heavy atom. The molecular weight excluding hydrogens is 266 g/mol. The fourth-order valence-corrected chi connectivity index (χ4v) is 2.36. The molecule has 0 atom stereocenters. The lowest BCUT2D eigenvalue weighted by Crippen LogP contribution is -2.07. The summed E-state index contributed by atoms with van der Waals surface area (Å²) in [4.78, 5) is 0. The van der Waals surface area contributed by atoms with E-state index in [0.717, 1.165) is 34.6 Å². The maximum absolute atomic E-state index is 5.89. The lowest BCUT2D eigenvalue weighted by molar-refractivity contribution is 0.302. The minimum Gasteiger partial charge on any atom is -0.485 e. The molecular formula is C16H19N3O2. The summed E-state index contributed by atoms with van der Waals surface area (Å²) in [5.74, 6) is 1.69. The number of benzene rings is 1. The number of hydrogen-bond acceptors (Lipinski definition) is 4. The number of furan rings is 1. The molecule has 110 valence electrons. The second-order valence-corrected chi connectivity index (χ2v) is 4.85. The maximum Gasteiger partial charge on any atom is 0.157 e. The molecule has 0 unspecified atom stereocenters. The van der Waals surface area contributed by atoms with Crippen LogP contribution < -0.4 is 10.1 Å².